The molecule has 0 amide bonds. The molecule has 3 heterocycles. The van der Waals surface area contributed by atoms with Gasteiger partial charge in [-0.15, -0.1) is 0 Å². The number of ether oxygens (including phenoxy) is 4. The molecule has 37 heavy (non-hydrogen) atoms. The highest BCUT2D eigenvalue weighted by Gasteiger charge is 2.32. The highest BCUT2D eigenvalue weighted by molar-refractivity contribution is 5.43. The largest absolute Gasteiger partial charge is 0.490 e. The molecule has 5 nitrogen and oxygen atoms in total. The van der Waals surface area contributed by atoms with Crippen molar-refractivity contribution in [1.29, 1.82) is 0 Å². The van der Waals surface area contributed by atoms with Crippen molar-refractivity contribution in [3.63, 3.8) is 0 Å². The molecule has 3 unspecified atom stereocenters. The van der Waals surface area contributed by atoms with Crippen LogP contribution in [0.2, 0.25) is 0 Å². The molecule has 4 aliphatic rings. The number of benzene rings is 2. The average molecular weight is 506 g/mol. The van der Waals surface area contributed by atoms with E-state index >= 15 is 0 Å². The van der Waals surface area contributed by atoms with Crippen LogP contribution in [0.1, 0.15) is 67.7 Å². The van der Waals surface area contributed by atoms with Crippen LogP contribution in [0.3, 0.4) is 0 Å². The molecule has 2 aromatic carbocycles. The van der Waals surface area contributed by atoms with Gasteiger partial charge in [-0.1, -0.05) is 24.3 Å². The van der Waals surface area contributed by atoms with Gasteiger partial charge in [-0.2, -0.15) is 0 Å². The zero-order valence-electron chi connectivity index (χ0n) is 22.4. The lowest BCUT2D eigenvalue weighted by Crippen LogP contribution is -2.45. The molecule has 1 saturated carbocycles. The van der Waals surface area contributed by atoms with Gasteiger partial charge in [0.05, 0.1) is 19.3 Å². The maximum atomic E-state index is 6.53. The Bertz CT molecular complexity index is 1000. The summed E-state index contributed by atoms with van der Waals surface area (Å²) in [4.78, 5) is 2.79. The lowest BCUT2D eigenvalue weighted by molar-refractivity contribution is 0.0633. The van der Waals surface area contributed by atoms with Crippen molar-refractivity contribution in [3.8, 4) is 11.5 Å². The van der Waals surface area contributed by atoms with Gasteiger partial charge < -0.3 is 18.9 Å². The van der Waals surface area contributed by atoms with Crippen LogP contribution in [-0.4, -0.2) is 56.6 Å². The van der Waals surface area contributed by atoms with Crippen molar-refractivity contribution in [2.24, 2.45) is 11.8 Å². The first-order valence-corrected chi connectivity index (χ1v) is 14.6. The van der Waals surface area contributed by atoms with E-state index in [0.29, 0.717) is 24.0 Å². The summed E-state index contributed by atoms with van der Waals surface area (Å²) in [5.74, 6) is 3.40. The maximum Gasteiger partial charge on any atom is 0.124 e. The van der Waals surface area contributed by atoms with Gasteiger partial charge in [0.2, 0.25) is 0 Å². The summed E-state index contributed by atoms with van der Waals surface area (Å²) in [6, 6.07) is 15.7. The summed E-state index contributed by atoms with van der Waals surface area (Å²) >= 11 is 0. The molecule has 0 spiro atoms. The van der Waals surface area contributed by atoms with E-state index in [9.17, 15) is 0 Å². The third kappa shape index (κ3) is 6.16. The zero-order valence-corrected chi connectivity index (χ0v) is 22.4. The van der Waals surface area contributed by atoms with Crippen LogP contribution in [0, 0.1) is 18.8 Å². The fraction of sp³-hybridized carbons (Fsp3) is 0.625. The van der Waals surface area contributed by atoms with Crippen LogP contribution < -0.4 is 9.47 Å². The maximum absolute atomic E-state index is 6.53. The summed E-state index contributed by atoms with van der Waals surface area (Å²) in [6.45, 7) is 8.27. The molecule has 0 bridgehead atoms. The van der Waals surface area contributed by atoms with Crippen LogP contribution in [0.25, 0.3) is 0 Å². The Morgan fingerprint density at radius 1 is 0.838 bits per heavy atom. The Balaban J connectivity index is 1.03. The minimum atomic E-state index is 0.144. The Labute approximate surface area is 222 Å². The fourth-order valence-corrected chi connectivity index (χ4v) is 6.82. The van der Waals surface area contributed by atoms with Gasteiger partial charge >= 0.3 is 0 Å². The smallest absolute Gasteiger partial charge is 0.124 e. The topological polar surface area (TPSA) is 40.2 Å². The average Bonchev–Trinajstić information content (AvgIpc) is 3.64. The quantitative estimate of drug-likeness (QED) is 0.432. The van der Waals surface area contributed by atoms with Crippen LogP contribution in [0.5, 0.6) is 11.5 Å². The summed E-state index contributed by atoms with van der Waals surface area (Å²) < 4.78 is 24.3. The van der Waals surface area contributed by atoms with Crippen LogP contribution in [0.15, 0.2) is 42.5 Å². The van der Waals surface area contributed by atoms with E-state index in [1.54, 1.807) is 0 Å². The van der Waals surface area contributed by atoms with Crippen molar-refractivity contribution < 1.29 is 18.9 Å². The molecular weight excluding hydrogens is 462 g/mol. The highest BCUT2D eigenvalue weighted by Crippen LogP contribution is 2.38. The second-order valence-electron chi connectivity index (χ2n) is 11.7. The molecule has 3 fully saturated rings. The zero-order chi connectivity index (χ0) is 25.0. The third-order valence-corrected chi connectivity index (χ3v) is 9.01. The molecule has 3 atom stereocenters. The van der Waals surface area contributed by atoms with Gasteiger partial charge in [0.1, 0.15) is 17.6 Å². The van der Waals surface area contributed by atoms with E-state index in [4.69, 9.17) is 18.9 Å². The molecule has 2 aromatic rings. The molecule has 0 N–H and O–H groups in total. The van der Waals surface area contributed by atoms with E-state index in [1.165, 1.54) is 55.5 Å². The van der Waals surface area contributed by atoms with E-state index in [2.05, 4.69) is 54.3 Å². The number of hydrogen-bond donors (Lipinski definition) is 0. The van der Waals surface area contributed by atoms with E-state index in [0.717, 1.165) is 63.6 Å². The molecule has 6 rings (SSSR count). The molecular formula is C32H43NO4. The van der Waals surface area contributed by atoms with Gasteiger partial charge in [-0.25, -0.2) is 0 Å². The second kappa shape index (κ2) is 11.8. The predicted molar refractivity (Wildman–Crippen MR) is 145 cm³/mol. The normalized spacial score (nSPS) is 29.7. The lowest BCUT2D eigenvalue weighted by atomic mass is 9.90. The minimum absolute atomic E-state index is 0.144. The van der Waals surface area contributed by atoms with Gasteiger partial charge in [-0.05, 0) is 105 Å². The number of hydrogen-bond acceptors (Lipinski definition) is 5. The van der Waals surface area contributed by atoms with Crippen LogP contribution in [0.4, 0.5) is 0 Å². The predicted octanol–water partition coefficient (Wildman–Crippen LogP) is 6.13. The number of fused-ring (bicyclic) bond motifs is 1. The molecule has 5 heteroatoms. The van der Waals surface area contributed by atoms with Crippen LogP contribution in [-0.2, 0) is 15.9 Å². The Kier molecular flexibility index (Phi) is 8.01. The van der Waals surface area contributed by atoms with Crippen molar-refractivity contribution in [2.75, 3.05) is 39.5 Å². The first-order chi connectivity index (χ1) is 18.2. The van der Waals surface area contributed by atoms with E-state index in [-0.39, 0.29) is 6.10 Å². The summed E-state index contributed by atoms with van der Waals surface area (Å²) in [5.41, 5.74) is 3.89. The molecule has 3 aliphatic heterocycles. The van der Waals surface area contributed by atoms with Gasteiger partial charge in [0.25, 0.3) is 0 Å². The number of nitrogens with zero attached hydrogens (tertiary/aromatic N) is 1. The van der Waals surface area contributed by atoms with Gasteiger partial charge in [0, 0.05) is 32.3 Å². The molecule has 2 saturated heterocycles. The van der Waals surface area contributed by atoms with Gasteiger partial charge in [-0.3, -0.25) is 4.90 Å². The molecule has 200 valence electrons. The monoisotopic (exact) mass is 505 g/mol. The number of rotatable bonds is 8. The Morgan fingerprint density at radius 3 is 2.24 bits per heavy atom. The first kappa shape index (κ1) is 25.2. The fourth-order valence-electron chi connectivity index (χ4n) is 6.82. The van der Waals surface area contributed by atoms with Crippen molar-refractivity contribution >= 4 is 0 Å². The van der Waals surface area contributed by atoms with E-state index < -0.39 is 0 Å². The Morgan fingerprint density at radius 2 is 1.57 bits per heavy atom. The second-order valence-corrected chi connectivity index (χ2v) is 11.7. The highest BCUT2D eigenvalue weighted by atomic mass is 16.5. The van der Waals surface area contributed by atoms with E-state index in [1.807, 2.05) is 0 Å². The van der Waals surface area contributed by atoms with Crippen molar-refractivity contribution in [2.45, 2.75) is 76.5 Å². The van der Waals surface area contributed by atoms with Gasteiger partial charge in [0.15, 0.2) is 0 Å². The van der Waals surface area contributed by atoms with Crippen molar-refractivity contribution in [3.05, 3.63) is 59.2 Å². The lowest BCUT2D eigenvalue weighted by Gasteiger charge is -2.39. The molecule has 0 radical (unpaired) electrons. The van der Waals surface area contributed by atoms with Crippen molar-refractivity contribution in [1.82, 2.24) is 4.90 Å². The minimum Gasteiger partial charge on any atom is -0.490 e. The SMILES string of the molecule is Cc1ccccc1C1CCc2cc(O[C@H]3CC[C@H](N(CC4CCOC4)CC4CCOC4)CC3)ccc2O1. The Hall–Kier alpha value is -2.08. The number of aryl methyl sites for hydroxylation is 2. The molecule has 1 aliphatic carbocycles. The summed E-state index contributed by atoms with van der Waals surface area (Å²) in [6.07, 6.45) is 9.63. The molecule has 0 aromatic heterocycles. The first-order valence-electron chi connectivity index (χ1n) is 14.6. The standard InChI is InChI=1S/C32H43NO4/c1-23-4-2-3-5-30(23)32-12-6-26-18-29(11-13-31(26)37-32)36-28-9-7-27(8-10-28)33(19-24-14-16-34-21-24)20-25-15-17-35-22-25/h2-5,11,13,18,24-25,27-28,32H,6-10,12,14-17,19-22H2,1H3/t24?,25?,27-,28-,32?. The van der Waals surface area contributed by atoms with Crippen LogP contribution >= 0.6 is 0 Å². The summed E-state index contributed by atoms with van der Waals surface area (Å²) in [5, 5.41) is 0. The third-order valence-electron chi connectivity index (χ3n) is 9.01. The summed E-state index contributed by atoms with van der Waals surface area (Å²) in [7, 11) is 0.